The predicted octanol–water partition coefficient (Wildman–Crippen LogP) is 1.00. The Kier molecular flexibility index (Phi) is 3.68. The zero-order chi connectivity index (χ0) is 14.9. The first kappa shape index (κ1) is 14.1. The third kappa shape index (κ3) is 3.08. The lowest BCUT2D eigenvalue weighted by molar-refractivity contribution is -0.136. The van der Waals surface area contributed by atoms with Crippen molar-refractivity contribution in [1.82, 2.24) is 5.32 Å². The van der Waals surface area contributed by atoms with Crippen LogP contribution in [0.1, 0.15) is 30.4 Å². The number of aryl methyl sites for hydroxylation is 2. The summed E-state index contributed by atoms with van der Waals surface area (Å²) >= 11 is 0. The molecule has 0 spiro atoms. The number of rotatable bonds is 4. The van der Waals surface area contributed by atoms with Crippen LogP contribution in [0.25, 0.3) is 0 Å². The lowest BCUT2D eigenvalue weighted by Crippen LogP contribution is -2.39. The second-order valence-corrected chi connectivity index (χ2v) is 6.13. The minimum atomic E-state index is -0.651. The van der Waals surface area contributed by atoms with Crippen LogP contribution in [0.15, 0.2) is 18.2 Å². The second kappa shape index (κ2) is 5.48. The van der Waals surface area contributed by atoms with E-state index in [0.717, 1.165) is 32.1 Å². The van der Waals surface area contributed by atoms with Gasteiger partial charge in [0.25, 0.3) is 0 Å². The van der Waals surface area contributed by atoms with E-state index in [4.69, 9.17) is 0 Å². The van der Waals surface area contributed by atoms with Crippen LogP contribution in [0.2, 0.25) is 0 Å². The van der Waals surface area contributed by atoms with E-state index in [2.05, 4.69) is 10.6 Å². The van der Waals surface area contributed by atoms with Crippen molar-refractivity contribution in [2.75, 3.05) is 18.5 Å². The van der Waals surface area contributed by atoms with Crippen molar-refractivity contribution >= 4 is 17.5 Å². The lowest BCUT2D eigenvalue weighted by Gasteiger charge is -2.12. The maximum atomic E-state index is 11.9. The fourth-order valence-electron chi connectivity index (χ4n) is 2.75. The molecule has 1 fully saturated rings. The van der Waals surface area contributed by atoms with Gasteiger partial charge in [-0.2, -0.15) is 0 Å². The summed E-state index contributed by atoms with van der Waals surface area (Å²) in [5, 5.41) is 14.4. The molecule has 0 heterocycles. The number of hydrogen-bond acceptors (Lipinski definition) is 3. The highest BCUT2D eigenvalue weighted by Gasteiger charge is 2.42. The molecular formula is C16H20N2O3. The van der Waals surface area contributed by atoms with E-state index in [1.54, 1.807) is 0 Å². The average molecular weight is 288 g/mol. The van der Waals surface area contributed by atoms with Gasteiger partial charge in [0.2, 0.25) is 0 Å². The van der Waals surface area contributed by atoms with Crippen LogP contribution in [0.3, 0.4) is 0 Å². The maximum absolute atomic E-state index is 11.9. The summed E-state index contributed by atoms with van der Waals surface area (Å²) in [6.07, 6.45) is 5.07. The van der Waals surface area contributed by atoms with Gasteiger partial charge in [-0.3, -0.25) is 9.59 Å². The van der Waals surface area contributed by atoms with Crippen LogP contribution in [-0.4, -0.2) is 30.1 Å². The molecule has 2 aliphatic rings. The Morgan fingerprint density at radius 3 is 2.62 bits per heavy atom. The molecule has 0 aliphatic heterocycles. The molecule has 1 aromatic rings. The highest BCUT2D eigenvalue weighted by atomic mass is 16.3. The summed E-state index contributed by atoms with van der Waals surface area (Å²) < 4.78 is 0. The van der Waals surface area contributed by atoms with Gasteiger partial charge < -0.3 is 15.7 Å². The monoisotopic (exact) mass is 288 g/mol. The van der Waals surface area contributed by atoms with Gasteiger partial charge in [-0.25, -0.2) is 0 Å². The van der Waals surface area contributed by atoms with Crippen LogP contribution in [0, 0.1) is 5.41 Å². The number of carbonyl (C=O) groups is 2. The number of anilines is 1. The first-order valence-corrected chi connectivity index (χ1v) is 7.44. The predicted molar refractivity (Wildman–Crippen MR) is 78.9 cm³/mol. The summed E-state index contributed by atoms with van der Waals surface area (Å²) in [4.78, 5) is 23.6. The van der Waals surface area contributed by atoms with Gasteiger partial charge in [0, 0.05) is 17.6 Å². The van der Waals surface area contributed by atoms with Gasteiger partial charge in [0.15, 0.2) is 0 Å². The maximum Gasteiger partial charge on any atom is 0.313 e. The molecule has 5 heteroatoms. The number of aliphatic hydroxyl groups excluding tert-OH is 1. The van der Waals surface area contributed by atoms with E-state index >= 15 is 0 Å². The Morgan fingerprint density at radius 2 is 1.90 bits per heavy atom. The number of amides is 2. The zero-order valence-corrected chi connectivity index (χ0v) is 11.9. The van der Waals surface area contributed by atoms with E-state index in [-0.39, 0.29) is 12.0 Å². The average Bonchev–Trinajstić information content (AvgIpc) is 3.13. The number of fused-ring (bicyclic) bond motifs is 1. The van der Waals surface area contributed by atoms with Gasteiger partial charge >= 0.3 is 11.8 Å². The van der Waals surface area contributed by atoms with Gasteiger partial charge in [-0.15, -0.1) is 0 Å². The van der Waals surface area contributed by atoms with Crippen LogP contribution in [0.4, 0.5) is 5.69 Å². The molecule has 0 aromatic heterocycles. The zero-order valence-electron chi connectivity index (χ0n) is 11.9. The standard InChI is InChI=1S/C16H20N2O3/c19-10-16(6-7-16)9-17-14(20)15(21)18-13-5-4-11-2-1-3-12(11)8-13/h4-5,8,19H,1-3,6-7,9-10H2,(H,17,20)(H,18,21). The largest absolute Gasteiger partial charge is 0.396 e. The first-order chi connectivity index (χ1) is 10.1. The summed E-state index contributed by atoms with van der Waals surface area (Å²) in [5.74, 6) is -1.29. The minimum absolute atomic E-state index is 0.0553. The van der Waals surface area contributed by atoms with Crippen molar-refractivity contribution in [3.05, 3.63) is 29.3 Å². The molecule has 0 atom stereocenters. The van der Waals surface area contributed by atoms with Crippen molar-refractivity contribution in [3.63, 3.8) is 0 Å². The summed E-state index contributed by atoms with van der Waals surface area (Å²) in [6, 6.07) is 5.80. The van der Waals surface area contributed by atoms with E-state index in [9.17, 15) is 14.7 Å². The van der Waals surface area contributed by atoms with Crippen molar-refractivity contribution < 1.29 is 14.7 Å². The molecule has 0 bridgehead atoms. The highest BCUT2D eigenvalue weighted by molar-refractivity contribution is 6.39. The first-order valence-electron chi connectivity index (χ1n) is 7.44. The number of carbonyl (C=O) groups excluding carboxylic acids is 2. The molecular weight excluding hydrogens is 268 g/mol. The summed E-state index contributed by atoms with van der Waals surface area (Å²) in [7, 11) is 0. The minimum Gasteiger partial charge on any atom is -0.396 e. The molecule has 5 nitrogen and oxygen atoms in total. The molecule has 2 aliphatic carbocycles. The number of nitrogens with one attached hydrogen (secondary N) is 2. The quantitative estimate of drug-likeness (QED) is 0.723. The number of aliphatic hydroxyl groups is 1. The van der Waals surface area contributed by atoms with Crippen molar-refractivity contribution in [3.8, 4) is 0 Å². The van der Waals surface area contributed by atoms with E-state index in [0.29, 0.717) is 12.2 Å². The lowest BCUT2D eigenvalue weighted by atomic mass is 10.1. The van der Waals surface area contributed by atoms with Crippen LogP contribution >= 0.6 is 0 Å². The molecule has 21 heavy (non-hydrogen) atoms. The van der Waals surface area contributed by atoms with Crippen molar-refractivity contribution in [2.24, 2.45) is 5.41 Å². The molecule has 112 valence electrons. The van der Waals surface area contributed by atoms with Crippen molar-refractivity contribution in [1.29, 1.82) is 0 Å². The Hall–Kier alpha value is -1.88. The number of hydrogen-bond donors (Lipinski definition) is 3. The molecule has 0 saturated heterocycles. The Morgan fingerprint density at radius 1 is 1.14 bits per heavy atom. The molecule has 0 radical (unpaired) electrons. The second-order valence-electron chi connectivity index (χ2n) is 6.13. The normalized spacial score (nSPS) is 18.0. The molecule has 2 amide bonds. The van der Waals surface area contributed by atoms with Crippen LogP contribution < -0.4 is 10.6 Å². The third-order valence-electron chi connectivity index (χ3n) is 4.48. The van der Waals surface area contributed by atoms with Gasteiger partial charge in [-0.1, -0.05) is 6.07 Å². The molecule has 3 N–H and O–H groups in total. The topological polar surface area (TPSA) is 78.4 Å². The van der Waals surface area contributed by atoms with Crippen LogP contribution in [0.5, 0.6) is 0 Å². The van der Waals surface area contributed by atoms with E-state index in [1.807, 2.05) is 18.2 Å². The SMILES string of the molecule is O=C(NCC1(CO)CC1)C(=O)Nc1ccc2c(c1)CCC2. The smallest absolute Gasteiger partial charge is 0.313 e. The van der Waals surface area contributed by atoms with Gasteiger partial charge in [-0.05, 0) is 55.4 Å². The molecule has 3 rings (SSSR count). The van der Waals surface area contributed by atoms with Gasteiger partial charge in [0.1, 0.15) is 0 Å². The Balaban J connectivity index is 1.54. The summed E-state index contributed by atoms with van der Waals surface area (Å²) in [6.45, 7) is 0.416. The fourth-order valence-corrected chi connectivity index (χ4v) is 2.75. The van der Waals surface area contributed by atoms with E-state index in [1.165, 1.54) is 11.1 Å². The van der Waals surface area contributed by atoms with Crippen molar-refractivity contribution in [2.45, 2.75) is 32.1 Å². The van der Waals surface area contributed by atoms with E-state index < -0.39 is 11.8 Å². The fraction of sp³-hybridized carbons (Fsp3) is 0.500. The Labute approximate surface area is 123 Å². The summed E-state index contributed by atoms with van der Waals surface area (Å²) in [5.41, 5.74) is 3.06. The molecule has 1 saturated carbocycles. The molecule has 1 aromatic carbocycles. The molecule has 0 unspecified atom stereocenters. The highest BCUT2D eigenvalue weighted by Crippen LogP contribution is 2.44. The third-order valence-corrected chi connectivity index (χ3v) is 4.48. The number of benzene rings is 1. The van der Waals surface area contributed by atoms with Gasteiger partial charge in [0.05, 0.1) is 6.61 Å². The Bertz CT molecular complexity index is 579. The van der Waals surface area contributed by atoms with Crippen LogP contribution in [-0.2, 0) is 22.4 Å².